The molecule has 0 spiro atoms. The monoisotopic (exact) mass is 403 g/mol. The molecule has 2 heterocycles. The van der Waals surface area contributed by atoms with Crippen LogP contribution >= 0.6 is 0 Å². The second-order valence-electron chi connectivity index (χ2n) is 6.81. The fourth-order valence-electron chi connectivity index (χ4n) is 3.45. The maximum absolute atomic E-state index is 6.06. The third-order valence-corrected chi connectivity index (χ3v) is 4.92. The highest BCUT2D eigenvalue weighted by atomic mass is 16.5. The third kappa shape index (κ3) is 4.36. The molecule has 0 bridgehead atoms. The Balaban J connectivity index is 1.98. The van der Waals surface area contributed by atoms with E-state index in [1.54, 1.807) is 31.9 Å². The van der Waals surface area contributed by atoms with Crippen LogP contribution in [-0.4, -0.2) is 46.0 Å². The molecule has 2 aromatic rings. The van der Waals surface area contributed by atoms with E-state index in [-0.39, 0.29) is 0 Å². The predicted octanol–water partition coefficient (Wildman–Crippen LogP) is 3.62. The van der Waals surface area contributed by atoms with Crippen LogP contribution in [0.3, 0.4) is 0 Å². The second-order valence-corrected chi connectivity index (χ2v) is 6.81. The van der Waals surface area contributed by atoms with Gasteiger partial charge in [0.2, 0.25) is 7.98 Å². The Bertz CT molecular complexity index is 1050. The van der Waals surface area contributed by atoms with Crippen molar-refractivity contribution < 1.29 is 14.2 Å². The Morgan fingerprint density at radius 3 is 2.40 bits per heavy atom. The smallest absolute Gasteiger partial charge is 0.234 e. The molecule has 154 valence electrons. The Hall–Kier alpha value is -3.19. The molecular formula is C23H26BN3O3. The van der Waals surface area contributed by atoms with Gasteiger partial charge in [0.15, 0.2) is 11.5 Å². The van der Waals surface area contributed by atoms with Gasteiger partial charge in [0.25, 0.3) is 0 Å². The molecule has 0 saturated heterocycles. The molecule has 1 aromatic carbocycles. The van der Waals surface area contributed by atoms with Crippen LogP contribution in [0.15, 0.2) is 58.9 Å². The van der Waals surface area contributed by atoms with Crippen LogP contribution in [-0.2, 0) is 0 Å². The van der Waals surface area contributed by atoms with Crippen molar-refractivity contribution in [1.29, 1.82) is 0 Å². The maximum atomic E-state index is 6.06. The molecule has 0 atom stereocenters. The minimum atomic E-state index is 0.515. The molecule has 0 amide bonds. The fraction of sp³-hybridized carbons (Fsp3) is 0.261. The molecule has 0 fully saturated rings. The van der Waals surface area contributed by atoms with Crippen LogP contribution in [0.4, 0.5) is 0 Å². The minimum absolute atomic E-state index is 0.515. The first-order chi connectivity index (χ1) is 14.5. The molecule has 2 N–H and O–H groups in total. The topological polar surface area (TPSA) is 71.0 Å². The molecule has 0 saturated carbocycles. The van der Waals surface area contributed by atoms with Crippen LogP contribution in [0.1, 0.15) is 24.6 Å². The quantitative estimate of drug-likeness (QED) is 0.684. The number of rotatable bonds is 8. The van der Waals surface area contributed by atoms with Crippen LogP contribution in [0.5, 0.6) is 17.2 Å². The Morgan fingerprint density at radius 2 is 1.80 bits per heavy atom. The zero-order chi connectivity index (χ0) is 21.7. The third-order valence-electron chi connectivity index (χ3n) is 4.92. The van der Waals surface area contributed by atoms with Gasteiger partial charge < -0.3 is 24.4 Å². The number of hydrogen-bond donors (Lipinski definition) is 1. The first kappa shape index (κ1) is 21.5. The summed E-state index contributed by atoms with van der Waals surface area (Å²) < 4.78 is 17.8. The lowest BCUT2D eigenvalue weighted by Gasteiger charge is -2.12. The predicted molar refractivity (Wildman–Crippen MR) is 122 cm³/mol. The summed E-state index contributed by atoms with van der Waals surface area (Å²) in [6.45, 7) is 2.55. The molecular weight excluding hydrogens is 377 g/mol. The summed E-state index contributed by atoms with van der Waals surface area (Å²) in [6.07, 6.45) is 8.43. The molecule has 7 heteroatoms. The van der Waals surface area contributed by atoms with Gasteiger partial charge in [0, 0.05) is 22.9 Å². The Labute approximate surface area is 178 Å². The summed E-state index contributed by atoms with van der Waals surface area (Å²) in [5.74, 6) is 1.93. The summed E-state index contributed by atoms with van der Waals surface area (Å²) in [4.78, 5) is 4.83. The summed E-state index contributed by atoms with van der Waals surface area (Å²) in [7, 11) is 10.9. The van der Waals surface area contributed by atoms with Crippen LogP contribution in [0.25, 0.3) is 11.6 Å². The van der Waals surface area contributed by atoms with Gasteiger partial charge >= 0.3 is 0 Å². The second kappa shape index (κ2) is 9.54. The van der Waals surface area contributed by atoms with Gasteiger partial charge in [-0.05, 0) is 68.1 Å². The van der Waals surface area contributed by atoms with E-state index in [1.165, 1.54) is 0 Å². The number of aromatic nitrogens is 1. The fourth-order valence-corrected chi connectivity index (χ4v) is 3.45. The van der Waals surface area contributed by atoms with Crippen molar-refractivity contribution >= 4 is 25.3 Å². The molecule has 1 aliphatic rings. The summed E-state index contributed by atoms with van der Waals surface area (Å²) in [5, 5.41) is 0. The van der Waals surface area contributed by atoms with Gasteiger partial charge in [-0.15, -0.1) is 0 Å². The lowest BCUT2D eigenvalue weighted by molar-refractivity contribution is 0.348. The first-order valence-electron chi connectivity index (χ1n) is 9.63. The van der Waals surface area contributed by atoms with Gasteiger partial charge in [0.05, 0.1) is 32.7 Å². The van der Waals surface area contributed by atoms with Gasteiger partial charge in [-0.1, -0.05) is 0 Å². The van der Waals surface area contributed by atoms with E-state index < -0.39 is 0 Å². The van der Waals surface area contributed by atoms with Gasteiger partial charge in [0.1, 0.15) is 5.75 Å². The number of hydrogen-bond acceptors (Lipinski definition) is 5. The number of benzene rings is 1. The van der Waals surface area contributed by atoms with Crippen molar-refractivity contribution in [1.82, 2.24) is 4.48 Å². The van der Waals surface area contributed by atoms with Crippen LogP contribution in [0.2, 0.25) is 0 Å². The number of nitrogens with zero attached hydrogens (tertiary/aromatic N) is 2. The highest BCUT2D eigenvalue weighted by Gasteiger charge is 2.17. The van der Waals surface area contributed by atoms with E-state index in [2.05, 4.69) is 0 Å². The van der Waals surface area contributed by atoms with Crippen LogP contribution < -0.4 is 19.9 Å². The van der Waals surface area contributed by atoms with Gasteiger partial charge in [-0.2, -0.15) is 0 Å². The minimum Gasteiger partial charge on any atom is -0.496 e. The molecule has 1 aliphatic heterocycles. The summed E-state index contributed by atoms with van der Waals surface area (Å²) >= 11 is 0. The van der Waals surface area contributed by atoms with E-state index in [9.17, 15) is 0 Å². The highest BCUT2D eigenvalue weighted by Crippen LogP contribution is 2.36. The Kier molecular flexibility index (Phi) is 6.85. The van der Waals surface area contributed by atoms with Gasteiger partial charge in [-0.25, -0.2) is 4.99 Å². The molecule has 30 heavy (non-hydrogen) atoms. The zero-order valence-corrected chi connectivity index (χ0v) is 17.8. The average Bonchev–Trinajstić information content (AvgIpc) is 3.34. The SMILES string of the molecule is [B]n1cccc1/C(CCN)=C1N=C(/C=C/c2cc(OC)c(OC)cc2OC)C=C\1C. The molecule has 1 aromatic heterocycles. The van der Waals surface area contributed by atoms with E-state index in [0.29, 0.717) is 30.2 Å². The molecule has 6 nitrogen and oxygen atoms in total. The van der Waals surface area contributed by atoms with Crippen LogP contribution in [0, 0.1) is 0 Å². The first-order valence-corrected chi connectivity index (χ1v) is 9.63. The highest BCUT2D eigenvalue weighted by molar-refractivity contribution is 6.11. The molecule has 3 rings (SSSR count). The van der Waals surface area contributed by atoms with E-state index in [4.69, 9.17) is 32.9 Å². The average molecular weight is 403 g/mol. The standard InChI is InChI=1S/C23H26BN3O3/c1-15-12-17(26-23(15)18(9-10-25)19-6-5-11-27(19)24)8-7-16-13-21(29-3)22(30-4)14-20(16)28-2/h5-8,11-14H,9-10,25H2,1-4H3/b8-7+,23-18-. The number of allylic oxidation sites excluding steroid dienone is 3. The number of ether oxygens (including phenoxy) is 3. The summed E-state index contributed by atoms with van der Waals surface area (Å²) in [6, 6.07) is 7.56. The van der Waals surface area contributed by atoms with Crippen molar-refractivity contribution in [3.63, 3.8) is 0 Å². The maximum Gasteiger partial charge on any atom is 0.234 e. The van der Waals surface area contributed by atoms with Gasteiger partial charge in [-0.3, -0.25) is 0 Å². The molecule has 0 unspecified atom stereocenters. The number of nitrogens with two attached hydrogens (primary N) is 1. The van der Waals surface area contributed by atoms with E-state index in [1.807, 2.05) is 49.5 Å². The van der Waals surface area contributed by atoms with Crippen molar-refractivity contribution in [2.45, 2.75) is 13.3 Å². The summed E-state index contributed by atoms with van der Waals surface area (Å²) in [5.41, 5.74) is 11.5. The van der Waals surface area contributed by atoms with Crippen molar-refractivity contribution in [2.24, 2.45) is 10.7 Å². The molecule has 2 radical (unpaired) electrons. The number of aliphatic imine (C=N–C) groups is 1. The number of methoxy groups -OCH3 is 3. The molecule has 0 aliphatic carbocycles. The zero-order valence-electron chi connectivity index (χ0n) is 17.8. The lowest BCUT2D eigenvalue weighted by Crippen LogP contribution is -2.05. The van der Waals surface area contributed by atoms with E-state index >= 15 is 0 Å². The van der Waals surface area contributed by atoms with Crippen molar-refractivity contribution in [2.75, 3.05) is 27.9 Å². The van der Waals surface area contributed by atoms with Crippen molar-refractivity contribution in [3.05, 3.63) is 65.1 Å². The van der Waals surface area contributed by atoms with Crippen molar-refractivity contribution in [3.8, 4) is 17.2 Å². The van der Waals surface area contributed by atoms with E-state index in [0.717, 1.165) is 33.8 Å². The lowest BCUT2D eigenvalue weighted by atomic mass is 10.0. The largest absolute Gasteiger partial charge is 0.496 e. The Morgan fingerprint density at radius 1 is 1.10 bits per heavy atom. The normalized spacial score (nSPS) is 15.2.